The highest BCUT2D eigenvalue weighted by Gasteiger charge is 2.28. The van der Waals surface area contributed by atoms with Crippen LogP contribution in [0.3, 0.4) is 0 Å². The summed E-state index contributed by atoms with van der Waals surface area (Å²) in [7, 11) is 0. The lowest BCUT2D eigenvalue weighted by atomic mass is 9.89. The Balaban J connectivity index is 2.04. The molecule has 0 unspecified atom stereocenters. The number of hydrogen-bond donors (Lipinski definition) is 3. The molecule has 1 aromatic heterocycles. The quantitative estimate of drug-likeness (QED) is 0.698. The highest BCUT2D eigenvalue weighted by molar-refractivity contribution is 5.92. The molecule has 0 fully saturated rings. The Morgan fingerprint density at radius 2 is 2.04 bits per heavy atom. The van der Waals surface area contributed by atoms with Crippen molar-refractivity contribution in [2.24, 2.45) is 0 Å². The van der Waals surface area contributed by atoms with E-state index in [1.165, 1.54) is 6.33 Å². The molecule has 3 N–H and O–H groups in total. The van der Waals surface area contributed by atoms with Crippen LogP contribution in [0.5, 0.6) is 0 Å². The van der Waals surface area contributed by atoms with Crippen LogP contribution < -0.4 is 5.32 Å². The molecule has 0 aliphatic rings. The van der Waals surface area contributed by atoms with E-state index in [1.54, 1.807) is 0 Å². The highest BCUT2D eigenvalue weighted by atomic mass is 16.3. The largest absolute Gasteiger partial charge is 0.389 e. The minimum atomic E-state index is -0.921. The summed E-state index contributed by atoms with van der Waals surface area (Å²) in [5.74, 6) is 0.471. The maximum absolute atomic E-state index is 12.3. The first-order valence-corrected chi connectivity index (χ1v) is 8.04. The van der Waals surface area contributed by atoms with Gasteiger partial charge in [0.25, 0.3) is 0 Å². The van der Waals surface area contributed by atoms with E-state index in [-0.39, 0.29) is 12.3 Å². The number of nitrogens with zero attached hydrogens (tertiary/aromatic N) is 2. The third-order valence-electron chi connectivity index (χ3n) is 3.76. The molecule has 1 heterocycles. The number of H-pyrrole nitrogens is 1. The summed E-state index contributed by atoms with van der Waals surface area (Å²) in [5, 5.41) is 20.1. The fraction of sp³-hybridized carbons (Fsp3) is 0.471. The van der Waals surface area contributed by atoms with E-state index < -0.39 is 5.60 Å². The molecule has 0 atom stereocenters. The number of amides is 1. The molecule has 0 aliphatic heterocycles. The molecular formula is C17H24N4O2. The molecule has 0 saturated carbocycles. The molecule has 124 valence electrons. The summed E-state index contributed by atoms with van der Waals surface area (Å²) in [6.07, 6.45) is 4.52. The van der Waals surface area contributed by atoms with Crippen LogP contribution in [0.2, 0.25) is 0 Å². The van der Waals surface area contributed by atoms with Crippen molar-refractivity contribution in [3.63, 3.8) is 0 Å². The topological polar surface area (TPSA) is 90.9 Å². The summed E-state index contributed by atoms with van der Waals surface area (Å²) in [6.45, 7) is 4.03. The molecule has 6 nitrogen and oxygen atoms in total. The van der Waals surface area contributed by atoms with E-state index in [0.29, 0.717) is 24.4 Å². The molecule has 1 amide bonds. The number of hydrogen-bond acceptors (Lipinski definition) is 4. The van der Waals surface area contributed by atoms with Crippen LogP contribution in [0.15, 0.2) is 30.6 Å². The van der Waals surface area contributed by atoms with Gasteiger partial charge < -0.3 is 10.4 Å². The maximum Gasteiger partial charge on any atom is 0.227 e. The SMILES string of the molecule is CCCC(O)(CCC)CC(=O)Nc1cccc(-c2ncn[nH]2)c1. The highest BCUT2D eigenvalue weighted by Crippen LogP contribution is 2.25. The summed E-state index contributed by atoms with van der Waals surface area (Å²) in [6, 6.07) is 7.38. The van der Waals surface area contributed by atoms with Gasteiger partial charge in [0, 0.05) is 11.3 Å². The summed E-state index contributed by atoms with van der Waals surface area (Å²) < 4.78 is 0. The fourth-order valence-electron chi connectivity index (χ4n) is 2.83. The van der Waals surface area contributed by atoms with Crippen LogP contribution in [0.1, 0.15) is 46.0 Å². The first-order chi connectivity index (χ1) is 11.1. The molecule has 2 rings (SSSR count). The third-order valence-corrected chi connectivity index (χ3v) is 3.76. The van der Waals surface area contributed by atoms with E-state index in [0.717, 1.165) is 18.4 Å². The molecule has 0 spiro atoms. The van der Waals surface area contributed by atoms with Gasteiger partial charge in [-0.2, -0.15) is 5.10 Å². The van der Waals surface area contributed by atoms with Gasteiger partial charge in [0.1, 0.15) is 6.33 Å². The number of carbonyl (C=O) groups excluding carboxylic acids is 1. The fourth-order valence-corrected chi connectivity index (χ4v) is 2.83. The van der Waals surface area contributed by atoms with Crippen molar-refractivity contribution in [2.45, 2.75) is 51.6 Å². The molecule has 6 heteroatoms. The predicted octanol–water partition coefficient (Wildman–Crippen LogP) is 3.13. The number of benzene rings is 1. The van der Waals surface area contributed by atoms with Gasteiger partial charge in [-0.15, -0.1) is 0 Å². The number of rotatable bonds is 8. The zero-order valence-electron chi connectivity index (χ0n) is 13.7. The Bertz CT molecular complexity index is 619. The first kappa shape index (κ1) is 17.1. The van der Waals surface area contributed by atoms with Crippen molar-refractivity contribution < 1.29 is 9.90 Å². The second-order valence-electron chi connectivity index (χ2n) is 5.86. The van der Waals surface area contributed by atoms with Gasteiger partial charge in [-0.3, -0.25) is 9.89 Å². The summed E-state index contributed by atoms with van der Waals surface area (Å²) in [5.41, 5.74) is 0.604. The van der Waals surface area contributed by atoms with Crippen LogP contribution in [0, 0.1) is 0 Å². The molecule has 23 heavy (non-hydrogen) atoms. The van der Waals surface area contributed by atoms with Gasteiger partial charge in [0.2, 0.25) is 5.91 Å². The smallest absolute Gasteiger partial charge is 0.227 e. The second kappa shape index (κ2) is 7.87. The van der Waals surface area contributed by atoms with Crippen LogP contribution in [0.4, 0.5) is 5.69 Å². The number of aromatic nitrogens is 3. The van der Waals surface area contributed by atoms with Crippen LogP contribution in [-0.2, 0) is 4.79 Å². The summed E-state index contributed by atoms with van der Waals surface area (Å²) in [4.78, 5) is 16.4. The van der Waals surface area contributed by atoms with Crippen molar-refractivity contribution in [3.8, 4) is 11.4 Å². The van der Waals surface area contributed by atoms with Gasteiger partial charge in [-0.25, -0.2) is 4.98 Å². The van der Waals surface area contributed by atoms with Crippen molar-refractivity contribution in [1.29, 1.82) is 0 Å². The number of carbonyl (C=O) groups is 1. The third kappa shape index (κ3) is 4.89. The van der Waals surface area contributed by atoms with Gasteiger partial charge in [-0.1, -0.05) is 38.8 Å². The monoisotopic (exact) mass is 316 g/mol. The zero-order valence-corrected chi connectivity index (χ0v) is 13.7. The van der Waals surface area contributed by atoms with E-state index in [4.69, 9.17) is 0 Å². The zero-order chi connectivity index (χ0) is 16.7. The maximum atomic E-state index is 12.3. The van der Waals surface area contributed by atoms with Crippen molar-refractivity contribution in [2.75, 3.05) is 5.32 Å². The van der Waals surface area contributed by atoms with Crippen LogP contribution in [0.25, 0.3) is 11.4 Å². The van der Waals surface area contributed by atoms with Crippen LogP contribution in [-0.4, -0.2) is 31.8 Å². The van der Waals surface area contributed by atoms with E-state index in [2.05, 4.69) is 20.5 Å². The van der Waals surface area contributed by atoms with E-state index >= 15 is 0 Å². The van der Waals surface area contributed by atoms with E-state index in [1.807, 2.05) is 38.1 Å². The lowest BCUT2D eigenvalue weighted by molar-refractivity contribution is -0.121. The van der Waals surface area contributed by atoms with Crippen molar-refractivity contribution in [1.82, 2.24) is 15.2 Å². The van der Waals surface area contributed by atoms with Crippen molar-refractivity contribution >= 4 is 11.6 Å². The minimum absolute atomic E-state index is 0.112. The Hall–Kier alpha value is -2.21. The Labute approximate surface area is 136 Å². The Kier molecular flexibility index (Phi) is 5.87. The number of aliphatic hydroxyl groups is 1. The number of anilines is 1. The van der Waals surface area contributed by atoms with Crippen molar-refractivity contribution in [3.05, 3.63) is 30.6 Å². The molecule has 1 aromatic carbocycles. The number of aromatic amines is 1. The van der Waals surface area contributed by atoms with E-state index in [9.17, 15) is 9.90 Å². The molecular weight excluding hydrogens is 292 g/mol. The molecule has 2 aromatic rings. The normalized spacial score (nSPS) is 11.4. The van der Waals surface area contributed by atoms with Crippen LogP contribution >= 0.6 is 0 Å². The predicted molar refractivity (Wildman–Crippen MR) is 89.8 cm³/mol. The standard InChI is InChI=1S/C17H24N4O2/c1-3-8-17(23,9-4-2)11-15(22)20-14-7-5-6-13(10-14)16-18-12-19-21-16/h5-7,10,12,23H,3-4,8-9,11H2,1-2H3,(H,20,22)(H,18,19,21). The minimum Gasteiger partial charge on any atom is -0.389 e. The van der Waals surface area contributed by atoms with Gasteiger partial charge >= 0.3 is 0 Å². The lowest BCUT2D eigenvalue weighted by Crippen LogP contribution is -2.33. The van der Waals surface area contributed by atoms with Gasteiger partial charge in [-0.05, 0) is 25.0 Å². The Morgan fingerprint density at radius 1 is 1.30 bits per heavy atom. The first-order valence-electron chi connectivity index (χ1n) is 8.04. The second-order valence-corrected chi connectivity index (χ2v) is 5.86. The van der Waals surface area contributed by atoms with Gasteiger partial charge in [0.05, 0.1) is 12.0 Å². The molecule has 0 saturated heterocycles. The molecule has 0 aliphatic carbocycles. The average molecular weight is 316 g/mol. The number of nitrogens with one attached hydrogen (secondary N) is 2. The van der Waals surface area contributed by atoms with Gasteiger partial charge in [0.15, 0.2) is 5.82 Å². The Morgan fingerprint density at radius 3 is 2.65 bits per heavy atom. The lowest BCUT2D eigenvalue weighted by Gasteiger charge is -2.26. The summed E-state index contributed by atoms with van der Waals surface area (Å²) >= 11 is 0. The molecule has 0 bridgehead atoms. The molecule has 0 radical (unpaired) electrons. The average Bonchev–Trinajstić information content (AvgIpc) is 3.01.